The first-order valence-electron chi connectivity index (χ1n) is 17.8. The van der Waals surface area contributed by atoms with E-state index < -0.39 is 18.0 Å². The number of anilines is 1. The van der Waals surface area contributed by atoms with Crippen LogP contribution in [0.4, 0.5) is 9.39 Å². The molecule has 3 aromatic rings. The number of rotatable bonds is 10. The fourth-order valence-corrected chi connectivity index (χ4v) is 8.86. The number of unbranched alkanes of at least 4 members (excludes halogenated alkanes) is 1. The zero-order valence-corrected chi connectivity index (χ0v) is 31.5. The van der Waals surface area contributed by atoms with Crippen molar-refractivity contribution in [3.05, 3.63) is 62.7 Å². The van der Waals surface area contributed by atoms with E-state index in [0.29, 0.717) is 51.6 Å². The number of nitrogens with zero attached hydrogens (tertiary/aromatic N) is 4. The van der Waals surface area contributed by atoms with Crippen LogP contribution in [0.3, 0.4) is 0 Å². The minimum Gasteiger partial charge on any atom is -0.392 e. The lowest BCUT2D eigenvalue weighted by molar-refractivity contribution is -0.133. The van der Waals surface area contributed by atoms with Gasteiger partial charge in [0.15, 0.2) is 0 Å². The number of hydrogen-bond acceptors (Lipinski definition) is 9. The number of carbonyl (C=O) groups is 1. The van der Waals surface area contributed by atoms with Gasteiger partial charge in [-0.3, -0.25) is 9.79 Å². The van der Waals surface area contributed by atoms with Crippen LogP contribution in [0.1, 0.15) is 80.7 Å². The van der Waals surface area contributed by atoms with Crippen LogP contribution < -0.4 is 16.4 Å². The summed E-state index contributed by atoms with van der Waals surface area (Å²) >= 11 is 8.43. The second-order valence-electron chi connectivity index (χ2n) is 13.9. The number of halogens is 2. The number of nitrogen functional groups attached to an aromatic ring is 1. The molecule has 4 heterocycles. The lowest BCUT2D eigenvalue weighted by Crippen LogP contribution is -2.46. The van der Waals surface area contributed by atoms with Gasteiger partial charge in [-0.15, -0.1) is 11.3 Å². The van der Waals surface area contributed by atoms with Crippen LogP contribution in [0.2, 0.25) is 5.02 Å². The quantitative estimate of drug-likeness (QED) is 0.143. The molecule has 272 valence electrons. The number of likely N-dealkylation sites (N-methyl/N-ethyl adjacent to an activating group) is 1. The number of piperidine rings is 1. The number of nitriles is 1. The third-order valence-corrected chi connectivity index (χ3v) is 11.9. The number of aliphatic hydroxyl groups is 1. The van der Waals surface area contributed by atoms with E-state index in [1.165, 1.54) is 6.07 Å². The van der Waals surface area contributed by atoms with Crippen molar-refractivity contribution in [3.63, 3.8) is 0 Å². The number of hydrogen-bond donors (Lipinski definition) is 4. The highest BCUT2D eigenvalue weighted by Gasteiger charge is 2.35. The number of nitrogens with two attached hydrogens (primary N) is 1. The van der Waals surface area contributed by atoms with Crippen LogP contribution in [-0.2, 0) is 22.7 Å². The van der Waals surface area contributed by atoms with Gasteiger partial charge in [-0.1, -0.05) is 31.0 Å². The molecule has 2 aromatic carbocycles. The Labute approximate surface area is 308 Å². The number of ether oxygens (including phenoxy) is 1. The first kappa shape index (κ1) is 37.0. The highest BCUT2D eigenvalue weighted by molar-refractivity contribution is 7.23. The predicted octanol–water partition coefficient (Wildman–Crippen LogP) is 6.19. The number of amidine groups is 1. The molecule has 1 aromatic heterocycles. The van der Waals surface area contributed by atoms with Crippen LogP contribution in [0.15, 0.2) is 29.0 Å². The van der Waals surface area contributed by atoms with Crippen molar-refractivity contribution in [2.75, 3.05) is 32.4 Å². The molecule has 0 bridgehead atoms. The van der Waals surface area contributed by atoms with Crippen LogP contribution >= 0.6 is 22.9 Å². The number of likely N-dealkylation sites (tertiary alicyclic amines) is 2. The van der Waals surface area contributed by atoms with Gasteiger partial charge in [-0.2, -0.15) is 5.26 Å². The summed E-state index contributed by atoms with van der Waals surface area (Å²) in [5.74, 6) is 0.975. The standard InChI is InChI=1S/C38H47ClFN7O3S/c1-6-7-10-30(47-15-13-28(22(47)4)43-17-20(2)48)45-37(44-29-9-8-14-46(5)38(29)49)31-21(3)34(39)32(26-19-50-18-25(26)31)23-11-12-27(40)35-33(23)24(16-41)36(42)51-35/h10-12,20,22,28-29,43,48H,6-9,13-15,17-19,42H2,1-5H3,(H,44,45)/b30-10-/t20?,22?,28-,29?/m0/s1. The van der Waals surface area contributed by atoms with Crippen LogP contribution in [0, 0.1) is 24.1 Å². The van der Waals surface area contributed by atoms with E-state index in [4.69, 9.17) is 27.1 Å². The molecule has 10 nitrogen and oxygen atoms in total. The minimum absolute atomic E-state index is 0.0300. The summed E-state index contributed by atoms with van der Waals surface area (Å²) < 4.78 is 21.5. The summed E-state index contributed by atoms with van der Waals surface area (Å²) in [6, 6.07) is 4.96. The molecule has 2 fully saturated rings. The maximum atomic E-state index is 15.1. The summed E-state index contributed by atoms with van der Waals surface area (Å²) in [6.07, 6.45) is 5.90. The predicted molar refractivity (Wildman–Crippen MR) is 202 cm³/mol. The van der Waals surface area contributed by atoms with E-state index >= 15 is 4.39 Å². The molecule has 0 radical (unpaired) electrons. The van der Waals surface area contributed by atoms with Gasteiger partial charge in [0.2, 0.25) is 5.91 Å². The Bertz CT molecular complexity index is 1940. The summed E-state index contributed by atoms with van der Waals surface area (Å²) in [6.45, 7) is 10.6. The zero-order chi connectivity index (χ0) is 36.6. The van der Waals surface area contributed by atoms with Gasteiger partial charge in [-0.05, 0) is 80.9 Å². The van der Waals surface area contributed by atoms with Gasteiger partial charge in [0.05, 0.1) is 34.6 Å². The summed E-state index contributed by atoms with van der Waals surface area (Å²) in [5.41, 5.74) is 11.0. The van der Waals surface area contributed by atoms with Gasteiger partial charge in [0, 0.05) is 55.3 Å². The van der Waals surface area contributed by atoms with Crippen LogP contribution in [-0.4, -0.2) is 77.6 Å². The molecule has 0 spiro atoms. The summed E-state index contributed by atoms with van der Waals surface area (Å²) in [7, 11) is 1.81. The Balaban J connectivity index is 1.51. The van der Waals surface area contributed by atoms with Gasteiger partial charge in [-0.25, -0.2) is 4.39 Å². The molecule has 6 rings (SSSR count). The van der Waals surface area contributed by atoms with Crippen molar-refractivity contribution in [1.29, 1.82) is 5.26 Å². The van der Waals surface area contributed by atoms with Crippen molar-refractivity contribution in [3.8, 4) is 17.2 Å². The molecule has 2 saturated heterocycles. The fraction of sp³-hybridized carbons (Fsp3) is 0.500. The molecule has 0 aliphatic carbocycles. The van der Waals surface area contributed by atoms with Crippen molar-refractivity contribution in [2.45, 2.75) is 97.2 Å². The van der Waals surface area contributed by atoms with Crippen molar-refractivity contribution >= 4 is 49.8 Å². The van der Waals surface area contributed by atoms with E-state index in [-0.39, 0.29) is 41.8 Å². The second kappa shape index (κ2) is 15.5. The Morgan fingerprint density at radius 3 is 2.80 bits per heavy atom. The highest BCUT2D eigenvalue weighted by Crippen LogP contribution is 2.47. The largest absolute Gasteiger partial charge is 0.392 e. The van der Waals surface area contributed by atoms with Crippen molar-refractivity contribution < 1.29 is 19.0 Å². The molecule has 4 atom stereocenters. The number of allylic oxidation sites excluding steroid dienone is 1. The Hall–Kier alpha value is -3.73. The lowest BCUT2D eigenvalue weighted by atomic mass is 9.87. The monoisotopic (exact) mass is 735 g/mol. The van der Waals surface area contributed by atoms with Crippen LogP contribution in [0.5, 0.6) is 0 Å². The molecule has 13 heteroatoms. The Morgan fingerprint density at radius 1 is 1.31 bits per heavy atom. The molecule has 51 heavy (non-hydrogen) atoms. The lowest BCUT2D eigenvalue weighted by Gasteiger charge is -2.32. The van der Waals surface area contributed by atoms with E-state index in [2.05, 4.69) is 41.5 Å². The van der Waals surface area contributed by atoms with Crippen molar-refractivity contribution in [2.24, 2.45) is 4.99 Å². The smallest absolute Gasteiger partial charge is 0.247 e. The van der Waals surface area contributed by atoms with Crippen LogP contribution in [0.25, 0.3) is 21.2 Å². The van der Waals surface area contributed by atoms with E-state index in [1.54, 1.807) is 17.9 Å². The number of fused-ring (bicyclic) bond motifs is 2. The minimum atomic E-state index is -0.574. The molecular weight excluding hydrogens is 689 g/mol. The third kappa shape index (κ3) is 7.07. The number of carbonyl (C=O) groups excluding carboxylic acids is 1. The van der Waals surface area contributed by atoms with E-state index in [1.807, 2.05) is 14.0 Å². The second-order valence-corrected chi connectivity index (χ2v) is 15.3. The maximum Gasteiger partial charge on any atom is 0.247 e. The molecule has 1 amide bonds. The number of aliphatic hydroxyl groups excluding tert-OH is 1. The van der Waals surface area contributed by atoms with Gasteiger partial charge in [0.25, 0.3) is 0 Å². The SMILES string of the molecule is CCC/C=C(/NC(=NC1CCCN(C)C1=O)c1c(C)c(Cl)c(-c2ccc(F)c3sc(N)c(C#N)c23)c2c1COC2)N1CC[C@H](NCC(C)O)C1C. The molecule has 3 unspecified atom stereocenters. The Morgan fingerprint density at radius 2 is 2.08 bits per heavy atom. The van der Waals surface area contributed by atoms with E-state index in [0.717, 1.165) is 71.6 Å². The van der Waals surface area contributed by atoms with E-state index in [9.17, 15) is 15.2 Å². The number of thiophene rings is 1. The molecular formula is C38H47ClFN7O3S. The maximum absolute atomic E-state index is 15.1. The average Bonchev–Trinajstić information content (AvgIpc) is 3.82. The third-order valence-electron chi connectivity index (χ3n) is 10.4. The fourth-order valence-electron chi connectivity index (χ4n) is 7.60. The number of amides is 1. The van der Waals surface area contributed by atoms with Gasteiger partial charge in [0.1, 0.15) is 34.6 Å². The first-order chi connectivity index (χ1) is 24.5. The molecule has 3 aliphatic rings. The molecule has 3 aliphatic heterocycles. The number of aliphatic imine (C=N–C) groups is 1. The summed E-state index contributed by atoms with van der Waals surface area (Å²) in [4.78, 5) is 22.8. The number of nitrogens with one attached hydrogen (secondary N) is 2. The summed E-state index contributed by atoms with van der Waals surface area (Å²) in [5, 5.41) is 28.4. The highest BCUT2D eigenvalue weighted by atomic mass is 35.5. The van der Waals surface area contributed by atoms with Gasteiger partial charge >= 0.3 is 0 Å². The first-order valence-corrected chi connectivity index (χ1v) is 19.0. The average molecular weight is 736 g/mol. The topological polar surface area (TPSA) is 139 Å². The molecule has 5 N–H and O–H groups in total. The normalized spacial score (nSPS) is 21.8. The zero-order valence-electron chi connectivity index (χ0n) is 29.9. The Kier molecular flexibility index (Phi) is 11.2. The molecule has 0 saturated carbocycles. The van der Waals surface area contributed by atoms with Crippen molar-refractivity contribution in [1.82, 2.24) is 20.4 Å². The number of benzene rings is 2. The van der Waals surface area contributed by atoms with Gasteiger partial charge < -0.3 is 36.0 Å².